The van der Waals surface area contributed by atoms with Crippen LogP contribution in [0.5, 0.6) is 0 Å². The fourth-order valence-electron chi connectivity index (χ4n) is 2.58. The van der Waals surface area contributed by atoms with Crippen molar-refractivity contribution in [2.24, 2.45) is 0 Å². The van der Waals surface area contributed by atoms with E-state index in [9.17, 15) is 9.59 Å². The molecule has 3 rings (SSSR count). The zero-order chi connectivity index (χ0) is 19.9. The first kappa shape index (κ1) is 19.4. The van der Waals surface area contributed by atoms with Gasteiger partial charge in [-0.25, -0.2) is 4.98 Å². The number of para-hydroxylation sites is 1. The lowest BCUT2D eigenvalue weighted by atomic mass is 10.1. The lowest BCUT2D eigenvalue weighted by molar-refractivity contribution is -0.144. The molecule has 0 unspecified atom stereocenters. The molecule has 6 nitrogen and oxygen atoms in total. The number of ether oxygens (including phenoxy) is 1. The van der Waals surface area contributed by atoms with Gasteiger partial charge >= 0.3 is 5.97 Å². The Bertz CT molecular complexity index is 1080. The molecule has 0 saturated heterocycles. The molecule has 140 valence electrons. The Labute approximate surface area is 166 Å². The fraction of sp³-hybridized carbons (Fsp3) is 0.143. The summed E-state index contributed by atoms with van der Waals surface area (Å²) in [5.41, 5.74) is 2.87. The summed E-state index contributed by atoms with van der Waals surface area (Å²) in [6, 6.07) is 18.2. The van der Waals surface area contributed by atoms with Crippen molar-refractivity contribution in [2.45, 2.75) is 11.9 Å². The molecule has 1 heterocycles. The minimum atomic E-state index is -0.501. The number of hydrogen-bond donors (Lipinski definition) is 1. The maximum Gasteiger partial charge on any atom is 0.316 e. The van der Waals surface area contributed by atoms with Gasteiger partial charge in [-0.1, -0.05) is 36.0 Å². The Morgan fingerprint density at radius 1 is 1.18 bits per heavy atom. The van der Waals surface area contributed by atoms with E-state index in [1.165, 1.54) is 11.8 Å². The average Bonchev–Trinajstić information content (AvgIpc) is 2.71. The second kappa shape index (κ2) is 9.02. The number of pyridine rings is 1. The SMILES string of the molecule is Cc1cc(SCC(=O)OCC(=O)Nc2cccc(C#N)c2)nc2ccccc12. The van der Waals surface area contributed by atoms with Crippen LogP contribution in [0.15, 0.2) is 59.6 Å². The van der Waals surface area contributed by atoms with Gasteiger partial charge in [0.25, 0.3) is 5.91 Å². The van der Waals surface area contributed by atoms with Gasteiger partial charge in [-0.2, -0.15) is 5.26 Å². The summed E-state index contributed by atoms with van der Waals surface area (Å²) >= 11 is 1.26. The second-order valence-electron chi connectivity index (χ2n) is 5.98. The summed E-state index contributed by atoms with van der Waals surface area (Å²) in [5.74, 6) is -0.909. The minimum Gasteiger partial charge on any atom is -0.455 e. The quantitative estimate of drug-likeness (QED) is 0.509. The molecule has 2 aromatic carbocycles. The lowest BCUT2D eigenvalue weighted by Gasteiger charge is -2.08. The van der Waals surface area contributed by atoms with Gasteiger partial charge in [0.1, 0.15) is 0 Å². The molecule has 0 saturated carbocycles. The average molecular weight is 391 g/mol. The molecule has 0 bridgehead atoms. The molecule has 28 heavy (non-hydrogen) atoms. The van der Waals surface area contributed by atoms with Crippen LogP contribution in [0.1, 0.15) is 11.1 Å². The molecule has 0 aliphatic carbocycles. The largest absolute Gasteiger partial charge is 0.455 e. The Morgan fingerprint density at radius 2 is 2.00 bits per heavy atom. The van der Waals surface area contributed by atoms with Gasteiger partial charge < -0.3 is 10.1 Å². The van der Waals surface area contributed by atoms with Crippen molar-refractivity contribution in [3.8, 4) is 6.07 Å². The number of carbonyl (C=O) groups is 2. The third-order valence-corrected chi connectivity index (χ3v) is 4.76. The van der Waals surface area contributed by atoms with Gasteiger partial charge in [0, 0.05) is 11.1 Å². The lowest BCUT2D eigenvalue weighted by Crippen LogP contribution is -2.21. The number of hydrogen-bond acceptors (Lipinski definition) is 6. The van der Waals surface area contributed by atoms with Crippen LogP contribution in [0.4, 0.5) is 5.69 Å². The molecule has 0 radical (unpaired) electrons. The molecule has 3 aromatic rings. The highest BCUT2D eigenvalue weighted by Gasteiger charge is 2.10. The van der Waals surface area contributed by atoms with E-state index in [1.54, 1.807) is 24.3 Å². The first-order valence-corrected chi connectivity index (χ1v) is 9.48. The number of aryl methyl sites for hydroxylation is 1. The highest BCUT2D eigenvalue weighted by molar-refractivity contribution is 7.99. The van der Waals surface area contributed by atoms with Gasteiger partial charge in [0.15, 0.2) is 6.61 Å². The predicted molar refractivity (Wildman–Crippen MR) is 108 cm³/mol. The highest BCUT2D eigenvalue weighted by atomic mass is 32.2. The Balaban J connectivity index is 1.49. The summed E-state index contributed by atoms with van der Waals surface area (Å²) in [7, 11) is 0. The number of nitrogens with one attached hydrogen (secondary N) is 1. The molecule has 1 aromatic heterocycles. The van der Waals surface area contributed by atoms with Gasteiger partial charge in [0.2, 0.25) is 0 Å². The maximum atomic E-state index is 11.9. The zero-order valence-electron chi connectivity index (χ0n) is 15.1. The van der Waals surface area contributed by atoms with E-state index in [0.717, 1.165) is 21.5 Å². The van der Waals surface area contributed by atoms with E-state index >= 15 is 0 Å². The molecular weight excluding hydrogens is 374 g/mol. The van der Waals surface area contributed by atoms with E-state index in [2.05, 4.69) is 10.3 Å². The van der Waals surface area contributed by atoms with Crippen LogP contribution < -0.4 is 5.32 Å². The molecule has 0 aliphatic rings. The highest BCUT2D eigenvalue weighted by Crippen LogP contribution is 2.23. The van der Waals surface area contributed by atoms with Crippen LogP contribution in [-0.2, 0) is 14.3 Å². The van der Waals surface area contributed by atoms with Crippen molar-refractivity contribution in [1.82, 2.24) is 4.98 Å². The van der Waals surface area contributed by atoms with Crippen molar-refractivity contribution in [1.29, 1.82) is 5.26 Å². The van der Waals surface area contributed by atoms with Crippen molar-refractivity contribution in [2.75, 3.05) is 17.7 Å². The first-order chi connectivity index (χ1) is 13.5. The molecule has 0 spiro atoms. The summed E-state index contributed by atoms with van der Waals surface area (Å²) in [5, 5.41) is 13.3. The van der Waals surface area contributed by atoms with Crippen LogP contribution >= 0.6 is 11.8 Å². The van der Waals surface area contributed by atoms with Gasteiger partial charge in [-0.15, -0.1) is 0 Å². The van der Waals surface area contributed by atoms with Gasteiger partial charge in [-0.05, 0) is 42.8 Å². The van der Waals surface area contributed by atoms with Crippen molar-refractivity contribution in [3.63, 3.8) is 0 Å². The van der Waals surface area contributed by atoms with Gasteiger partial charge in [0.05, 0.1) is 27.9 Å². The van der Waals surface area contributed by atoms with E-state index in [-0.39, 0.29) is 12.4 Å². The predicted octanol–water partition coefficient (Wildman–Crippen LogP) is 3.69. The Kier molecular flexibility index (Phi) is 6.25. The Hall–Kier alpha value is -3.37. The number of nitriles is 1. The number of carbonyl (C=O) groups excluding carboxylic acids is 2. The maximum absolute atomic E-state index is 11.9. The van der Waals surface area contributed by atoms with Crippen LogP contribution in [0.3, 0.4) is 0 Å². The normalized spacial score (nSPS) is 10.3. The third-order valence-electron chi connectivity index (χ3n) is 3.88. The monoisotopic (exact) mass is 391 g/mol. The number of esters is 1. The summed E-state index contributed by atoms with van der Waals surface area (Å²) in [4.78, 5) is 28.3. The standard InChI is InChI=1S/C21H17N3O3S/c1-14-9-20(24-18-8-3-2-7-17(14)18)28-13-21(26)27-12-19(25)23-16-6-4-5-15(10-16)11-22/h2-10H,12-13H2,1H3,(H,23,25). The van der Waals surface area contributed by atoms with Crippen LogP contribution in [0.25, 0.3) is 10.9 Å². The molecule has 7 heteroatoms. The third kappa shape index (κ3) is 5.09. The molecule has 1 amide bonds. The van der Waals surface area contributed by atoms with E-state index in [1.807, 2.05) is 43.3 Å². The number of thioether (sulfide) groups is 1. The smallest absolute Gasteiger partial charge is 0.316 e. The van der Waals surface area contributed by atoms with E-state index < -0.39 is 11.9 Å². The number of amides is 1. The number of rotatable bonds is 6. The number of aromatic nitrogens is 1. The molecule has 1 N–H and O–H groups in total. The van der Waals surface area contributed by atoms with Crippen LogP contribution in [-0.4, -0.2) is 29.2 Å². The molecular formula is C21H17N3O3S. The second-order valence-corrected chi connectivity index (χ2v) is 6.98. The first-order valence-electron chi connectivity index (χ1n) is 8.50. The fourth-order valence-corrected chi connectivity index (χ4v) is 3.35. The number of benzene rings is 2. The molecule has 0 atom stereocenters. The van der Waals surface area contributed by atoms with Crippen LogP contribution in [0, 0.1) is 18.3 Å². The molecule has 0 fully saturated rings. The summed E-state index contributed by atoms with van der Waals surface area (Å²) in [6.07, 6.45) is 0. The topological polar surface area (TPSA) is 92.1 Å². The van der Waals surface area contributed by atoms with Crippen LogP contribution in [0.2, 0.25) is 0 Å². The van der Waals surface area contributed by atoms with Gasteiger partial charge in [-0.3, -0.25) is 9.59 Å². The molecule has 0 aliphatic heterocycles. The van der Waals surface area contributed by atoms with Crippen molar-refractivity contribution < 1.29 is 14.3 Å². The van der Waals surface area contributed by atoms with Crippen molar-refractivity contribution in [3.05, 3.63) is 65.7 Å². The van der Waals surface area contributed by atoms with E-state index in [0.29, 0.717) is 11.3 Å². The Morgan fingerprint density at radius 3 is 2.82 bits per heavy atom. The summed E-state index contributed by atoms with van der Waals surface area (Å²) < 4.78 is 5.01. The zero-order valence-corrected chi connectivity index (χ0v) is 16.0. The summed E-state index contributed by atoms with van der Waals surface area (Å²) in [6.45, 7) is 1.61. The number of fused-ring (bicyclic) bond motifs is 1. The number of anilines is 1. The van der Waals surface area contributed by atoms with Crippen molar-refractivity contribution >= 4 is 40.2 Å². The number of nitrogens with zero attached hydrogens (tertiary/aromatic N) is 2. The van der Waals surface area contributed by atoms with E-state index in [4.69, 9.17) is 10.00 Å². The minimum absolute atomic E-state index is 0.0575.